The zero-order valence-electron chi connectivity index (χ0n) is 12.1. The molecule has 1 heterocycles. The molecule has 3 atom stereocenters. The van der Waals surface area contributed by atoms with Gasteiger partial charge in [0.25, 0.3) is 0 Å². The minimum absolute atomic E-state index is 0.0862. The van der Waals surface area contributed by atoms with E-state index in [0.717, 1.165) is 5.56 Å². The molecular formula is C14H22N2O3S. The summed E-state index contributed by atoms with van der Waals surface area (Å²) in [5, 5.41) is 0. The van der Waals surface area contributed by atoms with Crippen molar-refractivity contribution in [3.05, 3.63) is 29.8 Å². The van der Waals surface area contributed by atoms with Gasteiger partial charge in [-0.15, -0.1) is 0 Å². The lowest BCUT2D eigenvalue weighted by atomic mass is 10.1. The second-order valence-electron chi connectivity index (χ2n) is 5.44. The summed E-state index contributed by atoms with van der Waals surface area (Å²) in [5.74, 6) is 0. The summed E-state index contributed by atoms with van der Waals surface area (Å²) >= 11 is 0. The molecule has 1 saturated heterocycles. The van der Waals surface area contributed by atoms with E-state index in [0.29, 0.717) is 18.0 Å². The van der Waals surface area contributed by atoms with Crippen LogP contribution in [0.25, 0.3) is 0 Å². The van der Waals surface area contributed by atoms with E-state index in [1.54, 1.807) is 24.3 Å². The minimum atomic E-state index is -3.46. The van der Waals surface area contributed by atoms with Gasteiger partial charge in [-0.1, -0.05) is 12.1 Å². The van der Waals surface area contributed by atoms with Gasteiger partial charge < -0.3 is 10.5 Å². The molecule has 0 saturated carbocycles. The third-order valence-corrected chi connectivity index (χ3v) is 5.28. The van der Waals surface area contributed by atoms with Crippen molar-refractivity contribution in [1.82, 2.24) is 4.31 Å². The Morgan fingerprint density at radius 3 is 2.15 bits per heavy atom. The average Bonchev–Trinajstić information content (AvgIpc) is 2.37. The minimum Gasteiger partial charge on any atom is -0.373 e. The second-order valence-corrected chi connectivity index (χ2v) is 7.37. The van der Waals surface area contributed by atoms with Gasteiger partial charge >= 0.3 is 0 Å². The van der Waals surface area contributed by atoms with Crippen LogP contribution in [-0.4, -0.2) is 38.0 Å². The van der Waals surface area contributed by atoms with Crippen LogP contribution in [0, 0.1) is 0 Å². The first-order chi connectivity index (χ1) is 9.30. The molecule has 0 aliphatic carbocycles. The van der Waals surface area contributed by atoms with Crippen molar-refractivity contribution < 1.29 is 13.2 Å². The predicted molar refractivity (Wildman–Crippen MR) is 77.8 cm³/mol. The topological polar surface area (TPSA) is 72.6 Å². The standard InChI is InChI=1S/C14H22N2O3S/c1-10-8-16(9-11(2)19-10)20(17,18)14-6-4-13(5-7-14)12(3)15/h4-7,10-12H,8-9,15H2,1-3H3. The highest BCUT2D eigenvalue weighted by Gasteiger charge is 2.32. The number of ether oxygens (including phenoxy) is 1. The molecule has 3 unspecified atom stereocenters. The fourth-order valence-corrected chi connectivity index (χ4v) is 4.01. The normalized spacial score (nSPS) is 26.4. The molecule has 0 amide bonds. The van der Waals surface area contributed by atoms with Crippen LogP contribution < -0.4 is 5.73 Å². The van der Waals surface area contributed by atoms with Crippen LogP contribution >= 0.6 is 0 Å². The molecule has 0 aromatic heterocycles. The third-order valence-electron chi connectivity index (χ3n) is 3.43. The Bertz CT molecular complexity index is 544. The molecule has 1 fully saturated rings. The highest BCUT2D eigenvalue weighted by Crippen LogP contribution is 2.22. The summed E-state index contributed by atoms with van der Waals surface area (Å²) < 4.78 is 32.3. The molecular weight excluding hydrogens is 276 g/mol. The number of nitrogens with two attached hydrogens (primary N) is 1. The van der Waals surface area contributed by atoms with Gasteiger partial charge in [-0.25, -0.2) is 8.42 Å². The zero-order valence-corrected chi connectivity index (χ0v) is 12.9. The molecule has 2 N–H and O–H groups in total. The maximum absolute atomic E-state index is 12.6. The first kappa shape index (κ1) is 15.4. The highest BCUT2D eigenvalue weighted by atomic mass is 32.2. The van der Waals surface area contributed by atoms with Crippen molar-refractivity contribution in [2.45, 2.75) is 43.9 Å². The van der Waals surface area contributed by atoms with Gasteiger partial charge in [-0.3, -0.25) is 0 Å². The monoisotopic (exact) mass is 298 g/mol. The average molecular weight is 298 g/mol. The summed E-state index contributed by atoms with van der Waals surface area (Å²) in [6.45, 7) is 6.42. The van der Waals surface area contributed by atoms with Crippen LogP contribution in [0.15, 0.2) is 29.2 Å². The van der Waals surface area contributed by atoms with E-state index in [1.165, 1.54) is 4.31 Å². The van der Waals surface area contributed by atoms with Crippen LogP contribution in [0.4, 0.5) is 0 Å². The molecule has 0 radical (unpaired) electrons. The molecule has 0 bridgehead atoms. The molecule has 20 heavy (non-hydrogen) atoms. The van der Waals surface area contributed by atoms with Gasteiger partial charge in [-0.2, -0.15) is 4.31 Å². The lowest BCUT2D eigenvalue weighted by Gasteiger charge is -2.34. The molecule has 2 rings (SSSR count). The van der Waals surface area contributed by atoms with Gasteiger partial charge in [-0.05, 0) is 38.5 Å². The number of rotatable bonds is 3. The van der Waals surface area contributed by atoms with Crippen molar-refractivity contribution in [2.24, 2.45) is 5.73 Å². The van der Waals surface area contributed by atoms with E-state index >= 15 is 0 Å². The molecule has 6 heteroatoms. The third kappa shape index (κ3) is 3.20. The summed E-state index contributed by atoms with van der Waals surface area (Å²) in [6, 6.07) is 6.68. The summed E-state index contributed by atoms with van der Waals surface area (Å²) in [7, 11) is -3.46. The summed E-state index contributed by atoms with van der Waals surface area (Å²) in [4.78, 5) is 0.309. The zero-order chi connectivity index (χ0) is 14.9. The van der Waals surface area contributed by atoms with Crippen molar-refractivity contribution >= 4 is 10.0 Å². The molecule has 1 aliphatic rings. The lowest BCUT2D eigenvalue weighted by Crippen LogP contribution is -2.48. The van der Waals surface area contributed by atoms with Crippen LogP contribution in [-0.2, 0) is 14.8 Å². The Morgan fingerprint density at radius 1 is 1.20 bits per heavy atom. The number of benzene rings is 1. The number of nitrogens with zero attached hydrogens (tertiary/aromatic N) is 1. The van der Waals surface area contributed by atoms with E-state index in [1.807, 2.05) is 20.8 Å². The largest absolute Gasteiger partial charge is 0.373 e. The van der Waals surface area contributed by atoms with Crippen LogP contribution in [0.1, 0.15) is 32.4 Å². The fourth-order valence-electron chi connectivity index (χ4n) is 2.42. The quantitative estimate of drug-likeness (QED) is 0.918. The Kier molecular flexibility index (Phi) is 4.49. The Labute approximate surface area is 120 Å². The van der Waals surface area contributed by atoms with E-state index in [9.17, 15) is 8.42 Å². The van der Waals surface area contributed by atoms with Gasteiger partial charge in [0.1, 0.15) is 0 Å². The first-order valence-corrected chi connectivity index (χ1v) is 8.26. The smallest absolute Gasteiger partial charge is 0.243 e. The maximum Gasteiger partial charge on any atom is 0.243 e. The molecule has 1 aromatic carbocycles. The van der Waals surface area contributed by atoms with Crippen LogP contribution in [0.2, 0.25) is 0 Å². The highest BCUT2D eigenvalue weighted by molar-refractivity contribution is 7.89. The second kappa shape index (κ2) is 5.81. The van der Waals surface area contributed by atoms with Crippen LogP contribution in [0.5, 0.6) is 0 Å². The lowest BCUT2D eigenvalue weighted by molar-refractivity contribution is -0.0440. The molecule has 1 aliphatic heterocycles. The van der Waals surface area contributed by atoms with E-state index in [4.69, 9.17) is 10.5 Å². The van der Waals surface area contributed by atoms with E-state index < -0.39 is 10.0 Å². The molecule has 0 spiro atoms. The fraction of sp³-hybridized carbons (Fsp3) is 0.571. The van der Waals surface area contributed by atoms with Gasteiger partial charge in [0.05, 0.1) is 17.1 Å². The Morgan fingerprint density at radius 2 is 1.70 bits per heavy atom. The number of morpholine rings is 1. The first-order valence-electron chi connectivity index (χ1n) is 6.82. The Balaban J connectivity index is 2.25. The van der Waals surface area contributed by atoms with E-state index in [-0.39, 0.29) is 18.2 Å². The van der Waals surface area contributed by atoms with Crippen molar-refractivity contribution in [3.63, 3.8) is 0 Å². The SMILES string of the molecule is CC1CN(S(=O)(=O)c2ccc(C(C)N)cc2)CC(C)O1. The number of sulfonamides is 1. The predicted octanol–water partition coefficient (Wildman–Crippen LogP) is 1.50. The molecule has 112 valence electrons. The van der Waals surface area contributed by atoms with Crippen molar-refractivity contribution in [3.8, 4) is 0 Å². The Hall–Kier alpha value is -0.950. The molecule has 1 aromatic rings. The number of hydrogen-bond donors (Lipinski definition) is 1. The summed E-state index contributed by atoms with van der Waals surface area (Å²) in [5.41, 5.74) is 6.70. The van der Waals surface area contributed by atoms with Gasteiger partial charge in [0.2, 0.25) is 10.0 Å². The van der Waals surface area contributed by atoms with Gasteiger partial charge in [0, 0.05) is 19.1 Å². The molecule has 5 nitrogen and oxygen atoms in total. The van der Waals surface area contributed by atoms with Crippen molar-refractivity contribution in [2.75, 3.05) is 13.1 Å². The van der Waals surface area contributed by atoms with Gasteiger partial charge in [0.15, 0.2) is 0 Å². The summed E-state index contributed by atoms with van der Waals surface area (Å²) in [6.07, 6.45) is -0.172. The van der Waals surface area contributed by atoms with Crippen molar-refractivity contribution in [1.29, 1.82) is 0 Å². The van der Waals surface area contributed by atoms with E-state index in [2.05, 4.69) is 0 Å². The maximum atomic E-state index is 12.6. The van der Waals surface area contributed by atoms with Crippen LogP contribution in [0.3, 0.4) is 0 Å². The number of hydrogen-bond acceptors (Lipinski definition) is 4.